The number of carbonyl (C=O) groups excluding carboxylic acids is 2. The maximum absolute atomic E-state index is 12.8. The Morgan fingerprint density at radius 3 is 2.82 bits per heavy atom. The molecule has 1 unspecified atom stereocenters. The molecule has 154 valence electrons. The summed E-state index contributed by atoms with van der Waals surface area (Å²) < 4.78 is 1.86. The van der Waals surface area contributed by atoms with Crippen molar-refractivity contribution in [3.05, 3.63) is 48.5 Å². The van der Waals surface area contributed by atoms with Crippen molar-refractivity contribution in [2.75, 3.05) is 25.5 Å². The fraction of sp³-hybridized carbons (Fsp3) is 0.421. The summed E-state index contributed by atoms with van der Waals surface area (Å²) in [4.78, 5) is 30.7. The number of nitrogens with zero attached hydrogens (tertiary/aromatic N) is 3. The molecule has 1 aromatic carbocycles. The second-order valence-corrected chi connectivity index (χ2v) is 6.56. The van der Waals surface area contributed by atoms with Crippen molar-refractivity contribution in [3.8, 4) is 0 Å². The number of likely N-dealkylation sites (tertiary alicyclic amines) is 1. The second kappa shape index (κ2) is 11.7. The highest BCUT2D eigenvalue weighted by Gasteiger charge is 2.23. The Bertz CT molecular complexity index is 755. The van der Waals surface area contributed by atoms with Crippen LogP contribution in [0.25, 0.3) is 0 Å². The van der Waals surface area contributed by atoms with E-state index >= 15 is 0 Å². The molecule has 0 radical (unpaired) electrons. The molecule has 1 aromatic heterocycles. The fourth-order valence-corrected chi connectivity index (χ4v) is 3.18. The minimum absolute atomic E-state index is 0. The lowest BCUT2D eigenvalue weighted by Gasteiger charge is -2.32. The molecule has 0 spiro atoms. The Kier molecular flexibility index (Phi) is 9.99. The molecule has 1 aliphatic heterocycles. The molecule has 1 fully saturated rings. The molecule has 0 bridgehead atoms. The molecule has 28 heavy (non-hydrogen) atoms. The normalized spacial score (nSPS) is 15.9. The minimum Gasteiger partial charge on any atom is -0.337 e. The number of aryl methyl sites for hydroxylation is 1. The number of halogens is 2. The predicted octanol–water partition coefficient (Wildman–Crippen LogP) is 2.58. The summed E-state index contributed by atoms with van der Waals surface area (Å²) in [6, 6.07) is 7.50. The van der Waals surface area contributed by atoms with E-state index in [2.05, 4.69) is 15.6 Å². The molecule has 7 nitrogen and oxygen atoms in total. The number of rotatable bonds is 6. The Balaban J connectivity index is 0.00000196. The van der Waals surface area contributed by atoms with Crippen molar-refractivity contribution >= 4 is 42.3 Å². The molecular formula is C19H27Cl2N5O2. The van der Waals surface area contributed by atoms with Gasteiger partial charge in [-0.25, -0.2) is 4.98 Å². The molecule has 0 saturated carbocycles. The van der Waals surface area contributed by atoms with Gasteiger partial charge in [0.1, 0.15) is 0 Å². The van der Waals surface area contributed by atoms with E-state index < -0.39 is 0 Å². The summed E-state index contributed by atoms with van der Waals surface area (Å²) in [7, 11) is 1.93. The van der Waals surface area contributed by atoms with Crippen LogP contribution >= 0.6 is 24.8 Å². The highest BCUT2D eigenvalue weighted by Crippen LogP contribution is 2.17. The van der Waals surface area contributed by atoms with Gasteiger partial charge < -0.3 is 20.1 Å². The second-order valence-electron chi connectivity index (χ2n) is 6.56. The highest BCUT2D eigenvalue weighted by molar-refractivity contribution is 5.97. The van der Waals surface area contributed by atoms with Crippen LogP contribution in [0.15, 0.2) is 43.0 Å². The summed E-state index contributed by atoms with van der Waals surface area (Å²) >= 11 is 0. The quantitative estimate of drug-likeness (QED) is 0.742. The van der Waals surface area contributed by atoms with Gasteiger partial charge in [-0.15, -0.1) is 24.8 Å². The SMILES string of the molecule is CNC1CCCN(C(=O)c2cccc(NC(=O)CCn3ccnc3)c2)C1.Cl.Cl. The van der Waals surface area contributed by atoms with Crippen molar-refractivity contribution < 1.29 is 9.59 Å². The van der Waals surface area contributed by atoms with Gasteiger partial charge in [-0.2, -0.15) is 0 Å². The molecule has 1 atom stereocenters. The molecule has 2 heterocycles. The van der Waals surface area contributed by atoms with Crippen LogP contribution in [0.3, 0.4) is 0 Å². The van der Waals surface area contributed by atoms with Gasteiger partial charge >= 0.3 is 0 Å². The molecule has 0 aliphatic carbocycles. The van der Waals surface area contributed by atoms with E-state index in [0.29, 0.717) is 30.3 Å². The predicted molar refractivity (Wildman–Crippen MR) is 114 cm³/mol. The summed E-state index contributed by atoms with van der Waals surface area (Å²) in [6.45, 7) is 2.07. The smallest absolute Gasteiger partial charge is 0.253 e. The molecule has 1 saturated heterocycles. The van der Waals surface area contributed by atoms with Crippen LogP contribution in [0.5, 0.6) is 0 Å². The van der Waals surface area contributed by atoms with Crippen LogP contribution in [0, 0.1) is 0 Å². The average Bonchev–Trinajstić information content (AvgIpc) is 3.20. The van der Waals surface area contributed by atoms with Gasteiger partial charge in [0.2, 0.25) is 5.91 Å². The van der Waals surface area contributed by atoms with Crippen LogP contribution in [-0.2, 0) is 11.3 Å². The van der Waals surface area contributed by atoms with Crippen molar-refractivity contribution in [3.63, 3.8) is 0 Å². The van der Waals surface area contributed by atoms with Crippen molar-refractivity contribution in [1.29, 1.82) is 0 Å². The minimum atomic E-state index is -0.0866. The topological polar surface area (TPSA) is 79.3 Å². The number of carbonyl (C=O) groups is 2. The van der Waals surface area contributed by atoms with Gasteiger partial charge in [0, 0.05) is 55.7 Å². The highest BCUT2D eigenvalue weighted by atomic mass is 35.5. The van der Waals surface area contributed by atoms with Crippen molar-refractivity contribution in [2.24, 2.45) is 0 Å². The molecule has 1 aliphatic rings. The Hall–Kier alpha value is -2.09. The van der Waals surface area contributed by atoms with Crippen LogP contribution in [0.4, 0.5) is 5.69 Å². The first-order chi connectivity index (χ1) is 12.7. The standard InChI is InChI=1S/C19H25N5O2.2ClH/c1-20-17-6-3-9-24(13-17)19(26)15-4-2-5-16(12-15)22-18(25)7-10-23-11-8-21-14-23;;/h2,4-5,8,11-12,14,17,20H,3,6-7,9-10,13H2,1H3,(H,22,25);2*1H. The van der Waals surface area contributed by atoms with Crippen LogP contribution < -0.4 is 10.6 Å². The lowest BCUT2D eigenvalue weighted by Crippen LogP contribution is -2.46. The first kappa shape index (κ1) is 23.9. The van der Waals surface area contributed by atoms with E-state index in [0.717, 1.165) is 25.9 Å². The monoisotopic (exact) mass is 427 g/mol. The summed E-state index contributed by atoms with van der Waals surface area (Å²) in [5, 5.41) is 6.11. The number of likely N-dealkylation sites (N-methyl/N-ethyl adjacent to an activating group) is 1. The third kappa shape index (κ3) is 6.51. The zero-order chi connectivity index (χ0) is 18.4. The number of nitrogens with one attached hydrogen (secondary N) is 2. The number of aromatic nitrogens is 2. The van der Waals surface area contributed by atoms with E-state index in [1.165, 1.54) is 0 Å². The third-order valence-corrected chi connectivity index (χ3v) is 4.67. The number of hydrogen-bond acceptors (Lipinski definition) is 4. The molecule has 3 rings (SSSR count). The third-order valence-electron chi connectivity index (χ3n) is 4.67. The first-order valence-corrected chi connectivity index (χ1v) is 8.98. The molecule has 9 heteroatoms. The molecule has 2 aromatic rings. The number of anilines is 1. The van der Waals surface area contributed by atoms with E-state index in [-0.39, 0.29) is 36.6 Å². The zero-order valence-electron chi connectivity index (χ0n) is 15.8. The Morgan fingerprint density at radius 2 is 2.11 bits per heavy atom. The number of piperidine rings is 1. The number of imidazole rings is 1. The largest absolute Gasteiger partial charge is 0.337 e. The summed E-state index contributed by atoms with van der Waals surface area (Å²) in [5.41, 5.74) is 1.25. The van der Waals surface area contributed by atoms with Gasteiger partial charge in [0.25, 0.3) is 5.91 Å². The van der Waals surface area contributed by atoms with Gasteiger partial charge in [0.05, 0.1) is 6.33 Å². The van der Waals surface area contributed by atoms with Gasteiger partial charge in [-0.1, -0.05) is 6.07 Å². The van der Waals surface area contributed by atoms with E-state index in [1.54, 1.807) is 36.8 Å². The Morgan fingerprint density at radius 1 is 1.29 bits per heavy atom. The number of amides is 2. The van der Waals surface area contributed by atoms with E-state index in [1.807, 2.05) is 22.7 Å². The lowest BCUT2D eigenvalue weighted by molar-refractivity contribution is -0.116. The van der Waals surface area contributed by atoms with Crippen molar-refractivity contribution in [1.82, 2.24) is 19.8 Å². The maximum atomic E-state index is 12.8. The van der Waals surface area contributed by atoms with Crippen LogP contribution in [-0.4, -0.2) is 52.4 Å². The van der Waals surface area contributed by atoms with Gasteiger partial charge in [-0.05, 0) is 38.1 Å². The molecular weight excluding hydrogens is 401 g/mol. The molecule has 2 N–H and O–H groups in total. The summed E-state index contributed by atoms with van der Waals surface area (Å²) in [5.74, 6) is -0.0732. The number of benzene rings is 1. The van der Waals surface area contributed by atoms with Crippen LogP contribution in [0.2, 0.25) is 0 Å². The average molecular weight is 428 g/mol. The fourth-order valence-electron chi connectivity index (χ4n) is 3.18. The summed E-state index contributed by atoms with van der Waals surface area (Å²) in [6.07, 6.45) is 7.64. The van der Waals surface area contributed by atoms with Crippen molar-refractivity contribution in [2.45, 2.75) is 31.8 Å². The molecule has 2 amide bonds. The van der Waals surface area contributed by atoms with Crippen LogP contribution in [0.1, 0.15) is 29.6 Å². The zero-order valence-corrected chi connectivity index (χ0v) is 17.5. The maximum Gasteiger partial charge on any atom is 0.253 e. The van der Waals surface area contributed by atoms with Gasteiger partial charge in [0.15, 0.2) is 0 Å². The van der Waals surface area contributed by atoms with Gasteiger partial charge in [-0.3, -0.25) is 9.59 Å². The van der Waals surface area contributed by atoms with E-state index in [4.69, 9.17) is 0 Å². The first-order valence-electron chi connectivity index (χ1n) is 8.98. The Labute approximate surface area is 177 Å². The lowest BCUT2D eigenvalue weighted by atomic mass is 10.0. The van der Waals surface area contributed by atoms with E-state index in [9.17, 15) is 9.59 Å². The number of hydrogen-bond donors (Lipinski definition) is 2.